The Morgan fingerprint density at radius 3 is 2.73 bits per heavy atom. The molecule has 0 atom stereocenters. The van der Waals surface area contributed by atoms with E-state index >= 15 is 0 Å². The molecule has 1 aromatic rings. The normalized spacial score (nSPS) is 16.7. The number of alkyl halides is 2. The highest BCUT2D eigenvalue weighted by molar-refractivity contribution is 6.31. The van der Waals surface area contributed by atoms with Gasteiger partial charge in [0.2, 0.25) is 5.91 Å². The van der Waals surface area contributed by atoms with E-state index in [1.165, 1.54) is 6.08 Å². The van der Waals surface area contributed by atoms with Gasteiger partial charge < -0.3 is 5.32 Å². The third-order valence-electron chi connectivity index (χ3n) is 4.56. The number of hydrogen-bond acceptors (Lipinski definition) is 3. The van der Waals surface area contributed by atoms with Crippen LogP contribution in [0.15, 0.2) is 6.08 Å². The first-order valence-electron chi connectivity index (χ1n) is 9.12. The van der Waals surface area contributed by atoms with E-state index in [0.29, 0.717) is 31.1 Å². The monoisotopic (exact) mass is 388 g/mol. The van der Waals surface area contributed by atoms with Gasteiger partial charge in [0.05, 0.1) is 12.2 Å². The third kappa shape index (κ3) is 6.06. The van der Waals surface area contributed by atoms with Gasteiger partial charge in [0.25, 0.3) is 6.43 Å². The zero-order valence-corrected chi connectivity index (χ0v) is 16.1. The molecule has 2 rings (SSSR count). The Balaban J connectivity index is 1.85. The molecule has 0 saturated carbocycles. The molecule has 5 nitrogen and oxygen atoms in total. The average molecular weight is 389 g/mol. The lowest BCUT2D eigenvalue weighted by Crippen LogP contribution is -2.45. The summed E-state index contributed by atoms with van der Waals surface area (Å²) in [6.45, 7) is 5.69. The summed E-state index contributed by atoms with van der Waals surface area (Å²) < 4.78 is 26.5. The maximum absolute atomic E-state index is 12.4. The van der Waals surface area contributed by atoms with Crippen LogP contribution in [-0.2, 0) is 11.3 Å². The number of nitrogens with one attached hydrogen (secondary N) is 1. The second kappa shape index (κ2) is 10.0. The highest BCUT2D eigenvalue weighted by Crippen LogP contribution is 2.22. The lowest BCUT2D eigenvalue weighted by Gasteiger charge is -2.31. The number of unbranched alkanes of at least 4 members (excludes halogenated alkanes) is 1. The van der Waals surface area contributed by atoms with Crippen LogP contribution in [0.4, 0.5) is 8.78 Å². The van der Waals surface area contributed by atoms with Crippen molar-refractivity contribution in [2.24, 2.45) is 0 Å². The van der Waals surface area contributed by atoms with Crippen LogP contribution in [0.1, 0.15) is 43.9 Å². The lowest BCUT2D eigenvalue weighted by atomic mass is 10.1. The van der Waals surface area contributed by atoms with Crippen LogP contribution < -0.4 is 5.32 Å². The molecule has 8 heteroatoms. The van der Waals surface area contributed by atoms with Gasteiger partial charge in [0.15, 0.2) is 0 Å². The lowest BCUT2D eigenvalue weighted by molar-refractivity contribution is -0.117. The fourth-order valence-electron chi connectivity index (χ4n) is 3.08. The summed E-state index contributed by atoms with van der Waals surface area (Å²) in [5.74, 6) is -0.200. The van der Waals surface area contributed by atoms with Gasteiger partial charge in [-0.15, -0.1) is 0 Å². The number of carbonyl (C=O) groups is 1. The summed E-state index contributed by atoms with van der Waals surface area (Å²) in [5.41, 5.74) is 1.54. The third-order valence-corrected chi connectivity index (χ3v) is 4.96. The maximum atomic E-state index is 12.4. The van der Waals surface area contributed by atoms with E-state index in [1.807, 2.05) is 6.92 Å². The Hall–Kier alpha value is -1.47. The molecule has 1 amide bonds. The second-order valence-electron chi connectivity index (χ2n) is 6.67. The predicted octanol–water partition coefficient (Wildman–Crippen LogP) is 3.50. The van der Waals surface area contributed by atoms with Gasteiger partial charge in [-0.05, 0) is 32.3 Å². The van der Waals surface area contributed by atoms with Crippen molar-refractivity contribution in [2.75, 3.05) is 19.6 Å². The second-order valence-corrected chi connectivity index (χ2v) is 7.03. The summed E-state index contributed by atoms with van der Waals surface area (Å²) in [6, 6.07) is 0.0184. The van der Waals surface area contributed by atoms with E-state index in [0.717, 1.165) is 30.6 Å². The van der Waals surface area contributed by atoms with Crippen LogP contribution in [0, 0.1) is 6.92 Å². The quantitative estimate of drug-likeness (QED) is 0.693. The SMILES string of the molecule is CCCCn1nc(C)c(/C=C/C(=O)NC2CCN(CC(F)F)CC2)c1Cl. The molecular formula is C18H27ClF2N4O. The molecule has 0 aromatic carbocycles. The maximum Gasteiger partial charge on any atom is 0.251 e. The molecule has 0 unspecified atom stereocenters. The number of hydrogen-bond donors (Lipinski definition) is 1. The Morgan fingerprint density at radius 1 is 1.42 bits per heavy atom. The number of nitrogens with zero attached hydrogens (tertiary/aromatic N) is 3. The van der Waals surface area contributed by atoms with Gasteiger partial charge in [-0.3, -0.25) is 14.4 Å². The van der Waals surface area contributed by atoms with Crippen molar-refractivity contribution < 1.29 is 13.6 Å². The molecule has 1 aliphatic rings. The minimum absolute atomic E-state index is 0.0184. The van der Waals surface area contributed by atoms with Crippen molar-refractivity contribution in [3.63, 3.8) is 0 Å². The van der Waals surface area contributed by atoms with Crippen molar-refractivity contribution >= 4 is 23.6 Å². The predicted molar refractivity (Wildman–Crippen MR) is 99.5 cm³/mol. The molecule has 146 valence electrons. The zero-order chi connectivity index (χ0) is 19.1. The van der Waals surface area contributed by atoms with Crippen molar-refractivity contribution in [2.45, 2.75) is 58.5 Å². The molecular weight excluding hydrogens is 362 g/mol. The van der Waals surface area contributed by atoms with Gasteiger partial charge in [-0.25, -0.2) is 8.78 Å². The first-order chi connectivity index (χ1) is 12.4. The minimum Gasteiger partial charge on any atom is -0.350 e. The summed E-state index contributed by atoms with van der Waals surface area (Å²) in [4.78, 5) is 13.9. The van der Waals surface area contributed by atoms with Gasteiger partial charge in [-0.1, -0.05) is 24.9 Å². The van der Waals surface area contributed by atoms with Crippen molar-refractivity contribution in [1.29, 1.82) is 0 Å². The molecule has 0 bridgehead atoms. The van der Waals surface area contributed by atoms with E-state index in [4.69, 9.17) is 11.6 Å². The number of piperidine rings is 1. The first kappa shape index (κ1) is 20.8. The number of amides is 1. The number of rotatable bonds is 8. The minimum atomic E-state index is -2.31. The van der Waals surface area contributed by atoms with Crippen molar-refractivity contribution in [1.82, 2.24) is 20.0 Å². The number of carbonyl (C=O) groups excluding carboxylic acids is 1. The van der Waals surface area contributed by atoms with Crippen LogP contribution in [0.25, 0.3) is 6.08 Å². The summed E-state index contributed by atoms with van der Waals surface area (Å²) in [6.07, 6.45) is 4.26. The number of halogens is 3. The summed E-state index contributed by atoms with van der Waals surface area (Å²) in [5, 5.41) is 7.88. The van der Waals surface area contributed by atoms with Gasteiger partial charge in [-0.2, -0.15) is 5.10 Å². The fraction of sp³-hybridized carbons (Fsp3) is 0.667. The molecule has 0 radical (unpaired) electrons. The van der Waals surface area contributed by atoms with Crippen LogP contribution >= 0.6 is 11.6 Å². The Kier molecular flexibility index (Phi) is 8.03. The first-order valence-corrected chi connectivity index (χ1v) is 9.50. The molecule has 1 aromatic heterocycles. The molecule has 1 N–H and O–H groups in total. The molecule has 2 heterocycles. The zero-order valence-electron chi connectivity index (χ0n) is 15.4. The Morgan fingerprint density at radius 2 is 2.12 bits per heavy atom. The average Bonchev–Trinajstić information content (AvgIpc) is 2.86. The van der Waals surface area contributed by atoms with Crippen LogP contribution in [0.2, 0.25) is 5.15 Å². The van der Waals surface area contributed by atoms with E-state index < -0.39 is 6.43 Å². The highest BCUT2D eigenvalue weighted by Gasteiger charge is 2.22. The number of aromatic nitrogens is 2. The largest absolute Gasteiger partial charge is 0.350 e. The summed E-state index contributed by atoms with van der Waals surface area (Å²) >= 11 is 6.35. The van der Waals surface area contributed by atoms with Crippen LogP contribution in [0.3, 0.4) is 0 Å². The molecule has 0 spiro atoms. The molecule has 1 saturated heterocycles. The van der Waals surface area contributed by atoms with Crippen molar-refractivity contribution in [3.8, 4) is 0 Å². The molecule has 1 aliphatic heterocycles. The van der Waals surface area contributed by atoms with E-state index in [-0.39, 0.29) is 18.5 Å². The van der Waals surface area contributed by atoms with E-state index in [9.17, 15) is 13.6 Å². The van der Waals surface area contributed by atoms with Crippen LogP contribution in [0.5, 0.6) is 0 Å². The highest BCUT2D eigenvalue weighted by atomic mass is 35.5. The number of likely N-dealkylation sites (tertiary alicyclic amines) is 1. The Labute approximate surface area is 158 Å². The van der Waals surface area contributed by atoms with E-state index in [1.54, 1.807) is 15.7 Å². The van der Waals surface area contributed by atoms with Gasteiger partial charge in [0.1, 0.15) is 5.15 Å². The number of aryl methyl sites for hydroxylation is 2. The molecule has 1 fully saturated rings. The molecule has 26 heavy (non-hydrogen) atoms. The smallest absolute Gasteiger partial charge is 0.251 e. The van der Waals surface area contributed by atoms with Gasteiger partial charge in [0, 0.05) is 37.3 Å². The fourth-order valence-corrected chi connectivity index (χ4v) is 3.40. The van der Waals surface area contributed by atoms with E-state index in [2.05, 4.69) is 17.3 Å². The van der Waals surface area contributed by atoms with Crippen LogP contribution in [-0.4, -0.2) is 52.7 Å². The summed E-state index contributed by atoms with van der Waals surface area (Å²) in [7, 11) is 0. The topological polar surface area (TPSA) is 50.2 Å². The Bertz CT molecular complexity index is 625. The standard InChI is InChI=1S/C18H27ClF2N4O/c1-3-4-9-25-18(19)15(13(2)23-25)5-6-17(26)22-14-7-10-24(11-8-14)12-16(20)21/h5-6,14,16H,3-4,7-12H2,1-2H3,(H,22,26)/b6-5+. The van der Waals surface area contributed by atoms with Crippen molar-refractivity contribution in [3.05, 3.63) is 22.5 Å². The molecule has 0 aliphatic carbocycles. The van der Waals surface area contributed by atoms with Gasteiger partial charge >= 0.3 is 0 Å².